The van der Waals surface area contributed by atoms with E-state index < -0.39 is 11.7 Å². The lowest BCUT2D eigenvalue weighted by atomic mass is 10.1. The number of phenols is 2. The zero-order valence-electron chi connectivity index (χ0n) is 9.52. The van der Waals surface area contributed by atoms with Gasteiger partial charge in [-0.25, -0.2) is 4.39 Å². The van der Waals surface area contributed by atoms with Crippen molar-refractivity contribution in [2.45, 2.75) is 0 Å². The highest BCUT2D eigenvalue weighted by Crippen LogP contribution is 2.27. The van der Waals surface area contributed by atoms with Crippen LogP contribution in [0.4, 0.5) is 10.1 Å². The zero-order valence-corrected chi connectivity index (χ0v) is 10.3. The van der Waals surface area contributed by atoms with Crippen LogP contribution < -0.4 is 5.32 Å². The number of amides is 1. The number of anilines is 1. The number of aromatic hydroxyl groups is 2. The fourth-order valence-corrected chi connectivity index (χ4v) is 1.65. The van der Waals surface area contributed by atoms with Crippen LogP contribution in [-0.2, 0) is 0 Å². The first kappa shape index (κ1) is 13.2. The number of rotatable bonds is 2. The summed E-state index contributed by atoms with van der Waals surface area (Å²) in [6.07, 6.45) is 0. The van der Waals surface area contributed by atoms with Gasteiger partial charge in [0.15, 0.2) is 0 Å². The highest BCUT2D eigenvalue weighted by atomic mass is 35.5. The minimum Gasteiger partial charge on any atom is -0.507 e. The Labute approximate surface area is 113 Å². The van der Waals surface area contributed by atoms with Crippen molar-refractivity contribution in [2.75, 3.05) is 5.32 Å². The monoisotopic (exact) mass is 281 g/mol. The van der Waals surface area contributed by atoms with Gasteiger partial charge >= 0.3 is 0 Å². The first-order chi connectivity index (χ1) is 8.99. The van der Waals surface area contributed by atoms with Crippen molar-refractivity contribution in [3.63, 3.8) is 0 Å². The van der Waals surface area contributed by atoms with Crippen molar-refractivity contribution >= 4 is 23.2 Å². The molecule has 6 heteroatoms. The molecule has 3 N–H and O–H groups in total. The molecule has 19 heavy (non-hydrogen) atoms. The van der Waals surface area contributed by atoms with Gasteiger partial charge in [-0.05, 0) is 30.3 Å². The van der Waals surface area contributed by atoms with Crippen molar-refractivity contribution in [2.24, 2.45) is 0 Å². The van der Waals surface area contributed by atoms with Crippen molar-refractivity contribution in [3.8, 4) is 11.5 Å². The summed E-state index contributed by atoms with van der Waals surface area (Å²) in [6, 6.07) is 7.65. The Kier molecular flexibility index (Phi) is 3.57. The van der Waals surface area contributed by atoms with Gasteiger partial charge in [-0.2, -0.15) is 0 Å². The molecule has 2 rings (SSSR count). The third-order valence-corrected chi connectivity index (χ3v) is 2.73. The van der Waals surface area contributed by atoms with E-state index in [1.165, 1.54) is 30.3 Å². The summed E-state index contributed by atoms with van der Waals surface area (Å²) in [7, 11) is 0. The number of carbonyl (C=O) groups excluding carboxylic acids is 1. The van der Waals surface area contributed by atoms with E-state index in [1.54, 1.807) is 0 Å². The molecule has 0 atom stereocenters. The van der Waals surface area contributed by atoms with Crippen molar-refractivity contribution in [1.82, 2.24) is 0 Å². The van der Waals surface area contributed by atoms with E-state index in [2.05, 4.69) is 5.32 Å². The van der Waals surface area contributed by atoms with Crippen LogP contribution in [0.5, 0.6) is 11.5 Å². The number of carbonyl (C=O) groups is 1. The summed E-state index contributed by atoms with van der Waals surface area (Å²) in [4.78, 5) is 11.9. The second-order valence-electron chi connectivity index (χ2n) is 3.75. The van der Waals surface area contributed by atoms with Gasteiger partial charge in [-0.15, -0.1) is 0 Å². The lowest BCUT2D eigenvalue weighted by molar-refractivity contribution is 0.102. The second kappa shape index (κ2) is 5.16. The minimum atomic E-state index is -0.752. The second-order valence-corrected chi connectivity index (χ2v) is 4.16. The highest BCUT2D eigenvalue weighted by molar-refractivity contribution is 6.30. The lowest BCUT2D eigenvalue weighted by Gasteiger charge is -2.08. The Hall–Kier alpha value is -2.27. The molecule has 0 bridgehead atoms. The number of hydrogen-bond acceptors (Lipinski definition) is 3. The first-order valence-corrected chi connectivity index (χ1v) is 5.64. The smallest absolute Gasteiger partial charge is 0.263 e. The standard InChI is InChI=1S/C13H9ClFNO3/c14-8-5-4-7(6-9(8)15)16-13(19)12-10(17)2-1-3-11(12)18/h1-6,17-18H,(H,16,19). The molecule has 0 saturated carbocycles. The molecule has 4 nitrogen and oxygen atoms in total. The summed E-state index contributed by atoms with van der Waals surface area (Å²) >= 11 is 5.52. The molecule has 0 aliphatic heterocycles. The molecule has 0 heterocycles. The van der Waals surface area contributed by atoms with Crippen LogP contribution in [0.1, 0.15) is 10.4 Å². The fourth-order valence-electron chi connectivity index (χ4n) is 1.53. The molecule has 0 aliphatic carbocycles. The maximum atomic E-state index is 13.2. The maximum Gasteiger partial charge on any atom is 0.263 e. The van der Waals surface area contributed by atoms with Crippen LogP contribution in [0.25, 0.3) is 0 Å². The van der Waals surface area contributed by atoms with Crippen LogP contribution in [-0.4, -0.2) is 16.1 Å². The molecular formula is C13H9ClFNO3. The Bertz CT molecular complexity index is 626. The fraction of sp³-hybridized carbons (Fsp3) is 0. The van der Waals surface area contributed by atoms with Gasteiger partial charge in [-0.3, -0.25) is 4.79 Å². The number of benzene rings is 2. The van der Waals surface area contributed by atoms with Crippen molar-refractivity contribution in [1.29, 1.82) is 0 Å². The van der Waals surface area contributed by atoms with Gasteiger partial charge in [0.25, 0.3) is 5.91 Å². The Balaban J connectivity index is 2.28. The van der Waals surface area contributed by atoms with Gasteiger partial charge in [0.2, 0.25) is 0 Å². The molecule has 0 spiro atoms. The maximum absolute atomic E-state index is 13.2. The van der Waals surface area contributed by atoms with E-state index in [9.17, 15) is 19.4 Å². The van der Waals surface area contributed by atoms with Crippen molar-refractivity contribution < 1.29 is 19.4 Å². The average molecular weight is 282 g/mol. The third-order valence-electron chi connectivity index (χ3n) is 2.43. The highest BCUT2D eigenvalue weighted by Gasteiger charge is 2.16. The SMILES string of the molecule is O=C(Nc1ccc(Cl)c(F)c1)c1c(O)cccc1O. The van der Waals surface area contributed by atoms with Gasteiger partial charge in [0.05, 0.1) is 5.02 Å². The molecular weight excluding hydrogens is 273 g/mol. The third kappa shape index (κ3) is 2.77. The number of phenolic OH excluding ortho intramolecular Hbond substituents is 2. The topological polar surface area (TPSA) is 69.6 Å². The van der Waals surface area contributed by atoms with Crippen LogP contribution in [0, 0.1) is 5.82 Å². The molecule has 0 radical (unpaired) electrons. The van der Waals surface area contributed by atoms with Crippen LogP contribution in [0.2, 0.25) is 5.02 Å². The van der Waals surface area contributed by atoms with Gasteiger partial charge < -0.3 is 15.5 Å². The Morgan fingerprint density at radius 3 is 2.37 bits per heavy atom. The minimum absolute atomic E-state index is 0.0663. The van der Waals surface area contributed by atoms with E-state index in [1.807, 2.05) is 0 Å². The lowest BCUT2D eigenvalue weighted by Crippen LogP contribution is -2.12. The van der Waals surface area contributed by atoms with Crippen LogP contribution in [0.15, 0.2) is 36.4 Å². The number of nitrogens with one attached hydrogen (secondary N) is 1. The molecule has 0 aliphatic rings. The quantitative estimate of drug-likeness (QED) is 0.792. The van der Waals surface area contributed by atoms with Crippen LogP contribution in [0.3, 0.4) is 0 Å². The van der Waals surface area contributed by atoms with Crippen LogP contribution >= 0.6 is 11.6 Å². The van der Waals surface area contributed by atoms with E-state index in [4.69, 9.17) is 11.6 Å². The molecule has 98 valence electrons. The molecule has 1 amide bonds. The average Bonchev–Trinajstić information content (AvgIpc) is 2.33. The normalized spacial score (nSPS) is 10.2. The molecule has 0 aromatic heterocycles. The summed E-state index contributed by atoms with van der Waals surface area (Å²) in [5.41, 5.74) is -0.118. The zero-order chi connectivity index (χ0) is 14.0. The number of hydrogen-bond donors (Lipinski definition) is 3. The van der Waals surface area contributed by atoms with Gasteiger partial charge in [-0.1, -0.05) is 17.7 Å². The van der Waals surface area contributed by atoms with E-state index >= 15 is 0 Å². The molecule has 2 aromatic carbocycles. The van der Waals surface area contributed by atoms with E-state index in [-0.39, 0.29) is 27.8 Å². The Morgan fingerprint density at radius 2 is 1.79 bits per heavy atom. The van der Waals surface area contributed by atoms with Gasteiger partial charge in [0.1, 0.15) is 22.9 Å². The predicted octanol–water partition coefficient (Wildman–Crippen LogP) is 3.14. The van der Waals surface area contributed by atoms with E-state index in [0.29, 0.717) is 0 Å². The summed E-state index contributed by atoms with van der Waals surface area (Å²) in [5.74, 6) is -2.17. The summed E-state index contributed by atoms with van der Waals surface area (Å²) in [6.45, 7) is 0. The first-order valence-electron chi connectivity index (χ1n) is 5.26. The van der Waals surface area contributed by atoms with Gasteiger partial charge in [0, 0.05) is 5.69 Å². The molecule has 0 unspecified atom stereocenters. The predicted molar refractivity (Wildman–Crippen MR) is 69.1 cm³/mol. The van der Waals surface area contributed by atoms with E-state index in [0.717, 1.165) is 6.07 Å². The van der Waals surface area contributed by atoms with Crippen molar-refractivity contribution in [3.05, 3.63) is 52.8 Å². The summed E-state index contributed by atoms with van der Waals surface area (Å²) < 4.78 is 13.2. The largest absolute Gasteiger partial charge is 0.507 e. The molecule has 2 aromatic rings. The molecule has 0 saturated heterocycles. The Morgan fingerprint density at radius 1 is 1.16 bits per heavy atom. The number of halogens is 2. The molecule has 0 fully saturated rings. The summed E-state index contributed by atoms with van der Waals surface area (Å²) in [5, 5.41) is 21.3.